The molecule has 2 aromatic heterocycles. The monoisotopic (exact) mass is 296 g/mol. The summed E-state index contributed by atoms with van der Waals surface area (Å²) in [5.74, 6) is 0.563. The van der Waals surface area contributed by atoms with Gasteiger partial charge >= 0.3 is 0 Å². The summed E-state index contributed by atoms with van der Waals surface area (Å²) in [6, 6.07) is 7.39. The van der Waals surface area contributed by atoms with Gasteiger partial charge in [-0.25, -0.2) is 15.0 Å². The second-order valence-electron chi connectivity index (χ2n) is 4.81. The lowest BCUT2D eigenvalue weighted by Gasteiger charge is -2.07. The minimum absolute atomic E-state index is 0.0941. The summed E-state index contributed by atoms with van der Waals surface area (Å²) in [7, 11) is 0. The Morgan fingerprint density at radius 2 is 1.86 bits per heavy atom. The maximum absolute atomic E-state index is 11.0. The smallest absolute Gasteiger partial charge is 0.221 e. The first-order valence-corrected chi connectivity index (χ1v) is 6.98. The summed E-state index contributed by atoms with van der Waals surface area (Å²) in [6.45, 7) is 4.32. The molecule has 7 nitrogen and oxygen atoms in total. The first kappa shape index (κ1) is 14.0. The Hall–Kier alpha value is -2.96. The highest BCUT2D eigenvalue weighted by Gasteiger charge is 2.09. The van der Waals surface area contributed by atoms with Crippen LogP contribution in [-0.2, 0) is 11.3 Å². The third-order valence-corrected chi connectivity index (χ3v) is 3.21. The Bertz CT molecular complexity index is 809. The van der Waals surface area contributed by atoms with E-state index in [9.17, 15) is 4.79 Å². The fourth-order valence-corrected chi connectivity index (χ4v) is 2.18. The van der Waals surface area contributed by atoms with Crippen molar-refractivity contribution in [1.29, 1.82) is 0 Å². The molecule has 0 fully saturated rings. The van der Waals surface area contributed by atoms with Crippen LogP contribution in [0.2, 0.25) is 0 Å². The third-order valence-electron chi connectivity index (χ3n) is 3.21. The lowest BCUT2D eigenvalue weighted by Crippen LogP contribution is -2.05. The predicted octanol–water partition coefficient (Wildman–Crippen LogP) is 2.55. The third kappa shape index (κ3) is 2.73. The molecule has 0 radical (unpaired) electrons. The molecule has 2 heterocycles. The van der Waals surface area contributed by atoms with Gasteiger partial charge in [0.25, 0.3) is 0 Å². The second kappa shape index (κ2) is 5.80. The number of hydrogen-bond donors (Lipinski definition) is 2. The van der Waals surface area contributed by atoms with Crippen LogP contribution in [0.5, 0.6) is 0 Å². The molecule has 3 rings (SSSR count). The lowest BCUT2D eigenvalue weighted by atomic mass is 10.2. The molecular weight excluding hydrogens is 280 g/mol. The molecule has 1 amide bonds. The quantitative estimate of drug-likeness (QED) is 0.773. The summed E-state index contributed by atoms with van der Waals surface area (Å²) in [5, 5.41) is 5.95. The number of aryl methyl sites for hydroxylation is 1. The number of nitrogens with one attached hydrogen (secondary N) is 2. The van der Waals surface area contributed by atoms with E-state index in [2.05, 4.69) is 25.6 Å². The van der Waals surface area contributed by atoms with E-state index in [0.717, 1.165) is 29.1 Å². The van der Waals surface area contributed by atoms with E-state index >= 15 is 0 Å². The van der Waals surface area contributed by atoms with Gasteiger partial charge in [0.15, 0.2) is 17.0 Å². The minimum atomic E-state index is -0.0941. The van der Waals surface area contributed by atoms with Gasteiger partial charge in [0.2, 0.25) is 5.91 Å². The molecular formula is C15H16N6O. The number of rotatable bonds is 4. The van der Waals surface area contributed by atoms with E-state index in [1.54, 1.807) is 6.33 Å². The van der Waals surface area contributed by atoms with Crippen LogP contribution < -0.4 is 10.6 Å². The van der Waals surface area contributed by atoms with Gasteiger partial charge < -0.3 is 15.2 Å². The van der Waals surface area contributed by atoms with Gasteiger partial charge in [-0.1, -0.05) is 0 Å². The van der Waals surface area contributed by atoms with Crippen LogP contribution in [0.15, 0.2) is 36.9 Å². The number of fused-ring (bicyclic) bond motifs is 1. The lowest BCUT2D eigenvalue weighted by molar-refractivity contribution is -0.114. The van der Waals surface area contributed by atoms with E-state index in [1.165, 1.54) is 13.3 Å². The molecule has 0 aliphatic heterocycles. The fourth-order valence-electron chi connectivity index (χ4n) is 2.18. The van der Waals surface area contributed by atoms with Crippen molar-refractivity contribution in [3.8, 4) is 0 Å². The molecule has 2 N–H and O–H groups in total. The fraction of sp³-hybridized carbons (Fsp3) is 0.200. The Morgan fingerprint density at radius 1 is 1.14 bits per heavy atom. The van der Waals surface area contributed by atoms with Gasteiger partial charge in [-0.05, 0) is 31.2 Å². The number of anilines is 3. The first-order chi connectivity index (χ1) is 10.7. The molecule has 0 bridgehead atoms. The maximum Gasteiger partial charge on any atom is 0.221 e. The van der Waals surface area contributed by atoms with Crippen molar-refractivity contribution in [1.82, 2.24) is 19.5 Å². The Labute approximate surface area is 127 Å². The molecule has 0 aliphatic carbocycles. The van der Waals surface area contributed by atoms with E-state index in [0.29, 0.717) is 5.82 Å². The predicted molar refractivity (Wildman–Crippen MR) is 85.0 cm³/mol. The number of carbonyl (C=O) groups is 1. The standard InChI is InChI=1S/C15H16N6O/c1-3-21-9-18-13-14(16-8-17-15(13)21)20-12-6-4-11(5-7-12)19-10(2)22/h4-9H,3H2,1-2H3,(H,19,22)(H,16,17,20). The summed E-state index contributed by atoms with van der Waals surface area (Å²) >= 11 is 0. The Morgan fingerprint density at radius 3 is 2.55 bits per heavy atom. The van der Waals surface area contributed by atoms with Gasteiger partial charge in [0.05, 0.1) is 6.33 Å². The first-order valence-electron chi connectivity index (χ1n) is 6.98. The van der Waals surface area contributed by atoms with Crippen LogP contribution in [-0.4, -0.2) is 25.4 Å². The van der Waals surface area contributed by atoms with Crippen LogP contribution in [0, 0.1) is 0 Å². The van der Waals surface area contributed by atoms with Crippen LogP contribution in [0.25, 0.3) is 11.2 Å². The van der Waals surface area contributed by atoms with Gasteiger partial charge in [-0.2, -0.15) is 0 Å². The van der Waals surface area contributed by atoms with E-state index in [-0.39, 0.29) is 5.91 Å². The van der Waals surface area contributed by atoms with Crippen LogP contribution in [0.4, 0.5) is 17.2 Å². The van der Waals surface area contributed by atoms with Crippen molar-refractivity contribution in [2.45, 2.75) is 20.4 Å². The Kier molecular flexibility index (Phi) is 3.69. The topological polar surface area (TPSA) is 84.7 Å². The number of imidazole rings is 1. The van der Waals surface area contributed by atoms with Crippen molar-refractivity contribution in [2.24, 2.45) is 0 Å². The zero-order valence-electron chi connectivity index (χ0n) is 12.4. The molecule has 0 atom stereocenters. The number of carbonyl (C=O) groups excluding carboxylic acids is 1. The molecule has 112 valence electrons. The van der Waals surface area contributed by atoms with Gasteiger partial charge in [-0.15, -0.1) is 0 Å². The maximum atomic E-state index is 11.0. The van der Waals surface area contributed by atoms with E-state index < -0.39 is 0 Å². The molecule has 22 heavy (non-hydrogen) atoms. The highest BCUT2D eigenvalue weighted by molar-refractivity contribution is 5.89. The average molecular weight is 296 g/mol. The molecule has 0 saturated carbocycles. The molecule has 7 heteroatoms. The molecule has 0 saturated heterocycles. The SMILES string of the molecule is CCn1cnc2c(Nc3ccc(NC(C)=O)cc3)ncnc21. The highest BCUT2D eigenvalue weighted by Crippen LogP contribution is 2.22. The second-order valence-corrected chi connectivity index (χ2v) is 4.81. The van der Waals surface area contributed by atoms with Crippen molar-refractivity contribution >= 4 is 34.3 Å². The number of amides is 1. The summed E-state index contributed by atoms with van der Waals surface area (Å²) in [6.07, 6.45) is 3.27. The van der Waals surface area contributed by atoms with Crippen molar-refractivity contribution in [3.63, 3.8) is 0 Å². The number of nitrogens with zero attached hydrogens (tertiary/aromatic N) is 4. The summed E-state index contributed by atoms with van der Waals surface area (Å²) in [5.41, 5.74) is 3.14. The molecule has 0 aliphatic rings. The molecule has 0 spiro atoms. The van der Waals surface area contributed by atoms with Crippen LogP contribution >= 0.6 is 0 Å². The van der Waals surface area contributed by atoms with Crippen LogP contribution in [0.1, 0.15) is 13.8 Å². The normalized spacial score (nSPS) is 10.6. The van der Waals surface area contributed by atoms with Gasteiger partial charge in [-0.3, -0.25) is 4.79 Å². The zero-order chi connectivity index (χ0) is 15.5. The Balaban J connectivity index is 1.87. The van der Waals surface area contributed by atoms with E-state index in [4.69, 9.17) is 0 Å². The molecule has 1 aromatic carbocycles. The zero-order valence-corrected chi connectivity index (χ0v) is 12.4. The number of aromatic nitrogens is 4. The van der Waals surface area contributed by atoms with Crippen LogP contribution in [0.3, 0.4) is 0 Å². The molecule has 3 aromatic rings. The average Bonchev–Trinajstić information content (AvgIpc) is 2.93. The van der Waals surface area contributed by atoms with E-state index in [1.807, 2.05) is 35.8 Å². The summed E-state index contributed by atoms with van der Waals surface area (Å²) in [4.78, 5) is 23.9. The highest BCUT2D eigenvalue weighted by atomic mass is 16.1. The van der Waals surface area contributed by atoms with Gasteiger partial charge in [0, 0.05) is 24.8 Å². The minimum Gasteiger partial charge on any atom is -0.338 e. The van der Waals surface area contributed by atoms with Crippen molar-refractivity contribution < 1.29 is 4.79 Å². The largest absolute Gasteiger partial charge is 0.338 e. The van der Waals surface area contributed by atoms with Crippen molar-refractivity contribution in [2.75, 3.05) is 10.6 Å². The molecule has 0 unspecified atom stereocenters. The number of benzene rings is 1. The summed E-state index contributed by atoms with van der Waals surface area (Å²) < 4.78 is 1.96. The number of hydrogen-bond acceptors (Lipinski definition) is 5. The van der Waals surface area contributed by atoms with Crippen molar-refractivity contribution in [3.05, 3.63) is 36.9 Å². The van der Waals surface area contributed by atoms with Gasteiger partial charge in [0.1, 0.15) is 6.33 Å².